The average molecular weight is 282 g/mol. The number of carboxylic acids is 1. The lowest BCUT2D eigenvalue weighted by Crippen LogP contribution is -2.00. The van der Waals surface area contributed by atoms with E-state index in [1.807, 2.05) is 24.3 Å². The standard InChI is InChI=1S/C17H14O4/c1-12(18)21-16-10-6-14(7-11-16)3-2-13-4-8-15(9-5-13)17(19)20/h2-11H,1H3,(H,19,20). The van der Waals surface area contributed by atoms with Crippen molar-refractivity contribution in [2.45, 2.75) is 6.92 Å². The second kappa shape index (κ2) is 6.52. The molecule has 0 unspecified atom stereocenters. The molecule has 0 saturated heterocycles. The second-order valence-corrected chi connectivity index (χ2v) is 4.42. The minimum absolute atomic E-state index is 0.262. The maximum atomic E-state index is 10.8. The first-order valence-electron chi connectivity index (χ1n) is 6.34. The highest BCUT2D eigenvalue weighted by Crippen LogP contribution is 2.15. The summed E-state index contributed by atoms with van der Waals surface area (Å²) in [7, 11) is 0. The van der Waals surface area contributed by atoms with E-state index in [0.29, 0.717) is 5.75 Å². The van der Waals surface area contributed by atoms with Gasteiger partial charge in [-0.05, 0) is 35.4 Å². The van der Waals surface area contributed by atoms with E-state index >= 15 is 0 Å². The normalized spacial score (nSPS) is 10.5. The van der Waals surface area contributed by atoms with Gasteiger partial charge in [-0.15, -0.1) is 0 Å². The van der Waals surface area contributed by atoms with Crippen LogP contribution in [-0.4, -0.2) is 17.0 Å². The third-order valence-corrected chi connectivity index (χ3v) is 2.77. The zero-order valence-corrected chi connectivity index (χ0v) is 11.4. The number of hydrogen-bond acceptors (Lipinski definition) is 3. The highest BCUT2D eigenvalue weighted by Gasteiger charge is 2.00. The number of esters is 1. The molecule has 2 aromatic rings. The van der Waals surface area contributed by atoms with Crippen LogP contribution >= 0.6 is 0 Å². The summed E-state index contributed by atoms with van der Waals surface area (Å²) in [5.41, 5.74) is 2.12. The lowest BCUT2D eigenvalue weighted by molar-refractivity contribution is -0.131. The zero-order valence-electron chi connectivity index (χ0n) is 11.4. The maximum Gasteiger partial charge on any atom is 0.335 e. The topological polar surface area (TPSA) is 63.6 Å². The van der Waals surface area contributed by atoms with Crippen molar-refractivity contribution < 1.29 is 19.4 Å². The SMILES string of the molecule is CC(=O)Oc1ccc(C=Cc2ccc(C(=O)O)cc2)cc1. The fourth-order valence-corrected chi connectivity index (χ4v) is 1.74. The molecule has 0 radical (unpaired) electrons. The van der Waals surface area contributed by atoms with Gasteiger partial charge in [0.15, 0.2) is 0 Å². The number of hydrogen-bond donors (Lipinski definition) is 1. The van der Waals surface area contributed by atoms with Gasteiger partial charge in [-0.25, -0.2) is 4.79 Å². The Morgan fingerprint density at radius 1 is 0.905 bits per heavy atom. The molecule has 0 aliphatic carbocycles. The molecule has 21 heavy (non-hydrogen) atoms. The van der Waals surface area contributed by atoms with Crippen molar-refractivity contribution in [3.8, 4) is 5.75 Å². The monoisotopic (exact) mass is 282 g/mol. The smallest absolute Gasteiger partial charge is 0.335 e. The van der Waals surface area contributed by atoms with Crippen LogP contribution in [0.4, 0.5) is 0 Å². The lowest BCUT2D eigenvalue weighted by atomic mass is 10.1. The van der Waals surface area contributed by atoms with Gasteiger partial charge in [-0.3, -0.25) is 4.79 Å². The molecule has 0 spiro atoms. The van der Waals surface area contributed by atoms with Crippen LogP contribution in [0.2, 0.25) is 0 Å². The molecule has 0 amide bonds. The summed E-state index contributed by atoms with van der Waals surface area (Å²) in [6.07, 6.45) is 3.78. The fourth-order valence-electron chi connectivity index (χ4n) is 1.74. The molecule has 0 aliphatic rings. The largest absolute Gasteiger partial charge is 0.478 e. The van der Waals surface area contributed by atoms with Crippen LogP contribution < -0.4 is 4.74 Å². The van der Waals surface area contributed by atoms with E-state index in [-0.39, 0.29) is 11.5 Å². The molecule has 4 nitrogen and oxygen atoms in total. The maximum absolute atomic E-state index is 10.8. The van der Waals surface area contributed by atoms with Crippen LogP contribution in [0.25, 0.3) is 12.2 Å². The number of ether oxygens (including phenoxy) is 1. The van der Waals surface area contributed by atoms with Gasteiger partial charge in [0.2, 0.25) is 0 Å². The molecule has 4 heteroatoms. The number of carboxylic acid groups (broad SMARTS) is 1. The summed E-state index contributed by atoms with van der Waals surface area (Å²) in [4.78, 5) is 21.6. The number of benzene rings is 2. The third-order valence-electron chi connectivity index (χ3n) is 2.77. The van der Waals surface area contributed by atoms with E-state index in [9.17, 15) is 9.59 Å². The average Bonchev–Trinajstić information content (AvgIpc) is 2.46. The Labute approximate surface area is 122 Å². The molecule has 0 bridgehead atoms. The third kappa shape index (κ3) is 4.31. The lowest BCUT2D eigenvalue weighted by Gasteiger charge is -2.01. The van der Waals surface area contributed by atoms with E-state index in [4.69, 9.17) is 9.84 Å². The molecular weight excluding hydrogens is 268 g/mol. The van der Waals surface area contributed by atoms with Gasteiger partial charge in [0, 0.05) is 6.92 Å². The highest BCUT2D eigenvalue weighted by atomic mass is 16.5. The molecular formula is C17H14O4. The van der Waals surface area contributed by atoms with Crippen LogP contribution in [0, 0.1) is 0 Å². The van der Waals surface area contributed by atoms with Gasteiger partial charge < -0.3 is 9.84 Å². The van der Waals surface area contributed by atoms with Gasteiger partial charge in [0.05, 0.1) is 5.56 Å². The molecule has 0 heterocycles. The van der Waals surface area contributed by atoms with Crippen molar-refractivity contribution in [2.75, 3.05) is 0 Å². The first kappa shape index (κ1) is 14.5. The van der Waals surface area contributed by atoms with Gasteiger partial charge in [0.25, 0.3) is 0 Å². The summed E-state index contributed by atoms with van der Waals surface area (Å²) in [5, 5.41) is 8.82. The molecule has 0 fully saturated rings. The Kier molecular flexibility index (Phi) is 4.51. The van der Waals surface area contributed by atoms with E-state index in [2.05, 4.69) is 0 Å². The molecule has 0 saturated carbocycles. The molecule has 0 atom stereocenters. The highest BCUT2D eigenvalue weighted by molar-refractivity contribution is 5.88. The van der Waals surface area contributed by atoms with Gasteiger partial charge >= 0.3 is 11.9 Å². The van der Waals surface area contributed by atoms with E-state index < -0.39 is 5.97 Å². The van der Waals surface area contributed by atoms with Crippen LogP contribution in [0.1, 0.15) is 28.4 Å². The van der Waals surface area contributed by atoms with E-state index in [1.54, 1.807) is 36.4 Å². The Morgan fingerprint density at radius 2 is 1.38 bits per heavy atom. The fraction of sp³-hybridized carbons (Fsp3) is 0.0588. The number of carbonyl (C=O) groups is 2. The minimum atomic E-state index is -0.938. The van der Waals surface area contributed by atoms with Gasteiger partial charge in [-0.2, -0.15) is 0 Å². The summed E-state index contributed by atoms with van der Waals surface area (Å²) in [6, 6.07) is 13.7. The summed E-state index contributed by atoms with van der Waals surface area (Å²) >= 11 is 0. The van der Waals surface area contributed by atoms with Crippen molar-refractivity contribution >= 4 is 24.1 Å². The predicted molar refractivity (Wildman–Crippen MR) is 80.1 cm³/mol. The molecule has 1 N–H and O–H groups in total. The number of rotatable bonds is 4. The van der Waals surface area contributed by atoms with Crippen molar-refractivity contribution in [2.24, 2.45) is 0 Å². The Hall–Kier alpha value is -2.88. The van der Waals surface area contributed by atoms with Crippen molar-refractivity contribution in [3.63, 3.8) is 0 Å². The number of aromatic carboxylic acids is 1. The van der Waals surface area contributed by atoms with Crippen molar-refractivity contribution in [3.05, 3.63) is 65.2 Å². The summed E-state index contributed by atoms with van der Waals surface area (Å²) < 4.78 is 4.95. The number of carbonyl (C=O) groups excluding carboxylic acids is 1. The van der Waals surface area contributed by atoms with Crippen molar-refractivity contribution in [1.29, 1.82) is 0 Å². The molecule has 2 rings (SSSR count). The Morgan fingerprint density at radius 3 is 1.81 bits per heavy atom. The van der Waals surface area contributed by atoms with Gasteiger partial charge in [-0.1, -0.05) is 36.4 Å². The molecule has 0 aliphatic heterocycles. The van der Waals surface area contributed by atoms with E-state index in [1.165, 1.54) is 6.92 Å². The van der Waals surface area contributed by atoms with Crippen LogP contribution in [0.5, 0.6) is 5.75 Å². The predicted octanol–water partition coefficient (Wildman–Crippen LogP) is 3.48. The van der Waals surface area contributed by atoms with Crippen LogP contribution in [0.3, 0.4) is 0 Å². The molecule has 0 aromatic heterocycles. The summed E-state index contributed by atoms with van der Waals surface area (Å²) in [5.74, 6) is -0.783. The quantitative estimate of drug-likeness (QED) is 0.529. The van der Waals surface area contributed by atoms with E-state index in [0.717, 1.165) is 11.1 Å². The first-order chi connectivity index (χ1) is 10.0. The molecule has 2 aromatic carbocycles. The van der Waals surface area contributed by atoms with Crippen LogP contribution in [-0.2, 0) is 4.79 Å². The minimum Gasteiger partial charge on any atom is -0.478 e. The van der Waals surface area contributed by atoms with Crippen LogP contribution in [0.15, 0.2) is 48.5 Å². The summed E-state index contributed by atoms with van der Waals surface area (Å²) in [6.45, 7) is 1.36. The Bertz CT molecular complexity index is 667. The molecule has 106 valence electrons. The Balaban J connectivity index is 2.06. The first-order valence-corrected chi connectivity index (χ1v) is 6.34. The van der Waals surface area contributed by atoms with Gasteiger partial charge in [0.1, 0.15) is 5.75 Å². The zero-order chi connectivity index (χ0) is 15.2. The second-order valence-electron chi connectivity index (χ2n) is 4.42. The van der Waals surface area contributed by atoms with Crippen molar-refractivity contribution in [1.82, 2.24) is 0 Å².